The predicted octanol–water partition coefficient (Wildman–Crippen LogP) is 14.1. The van der Waals surface area contributed by atoms with E-state index in [9.17, 15) is 8.78 Å². The Labute approximate surface area is 340 Å². The SMILES string of the molecule is Fc1ccc(-c2cccc(-c3nc(-c4cccc(-c5ccc(F)cc5)c4)nc(-c4ccc5c(c4)-c4ccccc4Oc4ccccc4-c4ccccc4C=C5)n3)c2)cc1. The van der Waals surface area contributed by atoms with Crippen molar-refractivity contribution in [2.75, 3.05) is 0 Å². The predicted molar refractivity (Wildman–Crippen MR) is 233 cm³/mol. The number of fused-ring (bicyclic) bond motifs is 6. The molecule has 0 saturated carbocycles. The Morgan fingerprint density at radius 1 is 0.305 bits per heavy atom. The van der Waals surface area contributed by atoms with Crippen LogP contribution in [-0.4, -0.2) is 15.0 Å². The van der Waals surface area contributed by atoms with E-state index in [1.807, 2.05) is 103 Å². The number of halogens is 2. The van der Waals surface area contributed by atoms with Gasteiger partial charge in [0.15, 0.2) is 17.5 Å². The summed E-state index contributed by atoms with van der Waals surface area (Å²) in [6.45, 7) is 0. The zero-order valence-electron chi connectivity index (χ0n) is 31.6. The highest BCUT2D eigenvalue weighted by Crippen LogP contribution is 2.42. The van der Waals surface area contributed by atoms with Crippen molar-refractivity contribution in [2.45, 2.75) is 0 Å². The van der Waals surface area contributed by atoms with Crippen LogP contribution in [0.3, 0.4) is 0 Å². The number of nitrogens with zero attached hydrogens (tertiary/aromatic N) is 3. The van der Waals surface area contributed by atoms with Gasteiger partial charge in [-0.1, -0.05) is 146 Å². The molecular weight excluding hydrogens is 733 g/mol. The lowest BCUT2D eigenvalue weighted by atomic mass is 9.94. The molecule has 0 saturated heterocycles. The van der Waals surface area contributed by atoms with Crippen molar-refractivity contribution in [3.63, 3.8) is 0 Å². The van der Waals surface area contributed by atoms with Crippen molar-refractivity contribution in [1.29, 1.82) is 0 Å². The Morgan fingerprint density at radius 2 is 0.712 bits per heavy atom. The second-order valence-corrected chi connectivity index (χ2v) is 14.3. The maximum Gasteiger partial charge on any atom is 0.164 e. The van der Waals surface area contributed by atoms with Crippen LogP contribution < -0.4 is 4.74 Å². The largest absolute Gasteiger partial charge is 0.456 e. The molecule has 0 aliphatic carbocycles. The molecular formula is C53H33F2N3O. The Balaban J connectivity index is 1.15. The van der Waals surface area contributed by atoms with Gasteiger partial charge in [-0.25, -0.2) is 23.7 Å². The topological polar surface area (TPSA) is 47.9 Å². The van der Waals surface area contributed by atoms with E-state index in [2.05, 4.69) is 48.6 Å². The van der Waals surface area contributed by atoms with Gasteiger partial charge in [0.05, 0.1) is 0 Å². The molecule has 0 spiro atoms. The molecule has 8 aromatic carbocycles. The number of para-hydroxylation sites is 2. The molecule has 10 rings (SSSR count). The smallest absolute Gasteiger partial charge is 0.164 e. The first-order valence-corrected chi connectivity index (χ1v) is 19.3. The third-order valence-corrected chi connectivity index (χ3v) is 10.5. The lowest BCUT2D eigenvalue weighted by Crippen LogP contribution is -2.01. The van der Waals surface area contributed by atoms with Crippen LogP contribution in [-0.2, 0) is 0 Å². The van der Waals surface area contributed by atoms with Crippen LogP contribution in [0.2, 0.25) is 0 Å². The second kappa shape index (κ2) is 15.3. The van der Waals surface area contributed by atoms with E-state index in [0.29, 0.717) is 17.5 Å². The van der Waals surface area contributed by atoms with Crippen LogP contribution in [0.4, 0.5) is 8.78 Å². The van der Waals surface area contributed by atoms with E-state index in [1.165, 1.54) is 24.3 Å². The van der Waals surface area contributed by atoms with Gasteiger partial charge in [-0.15, -0.1) is 0 Å². The summed E-state index contributed by atoms with van der Waals surface area (Å²) in [5.41, 5.74) is 11.9. The third-order valence-electron chi connectivity index (χ3n) is 10.5. The molecule has 59 heavy (non-hydrogen) atoms. The molecule has 6 heteroatoms. The fourth-order valence-electron chi connectivity index (χ4n) is 7.54. The lowest BCUT2D eigenvalue weighted by Gasteiger charge is -2.16. The van der Waals surface area contributed by atoms with E-state index >= 15 is 0 Å². The first kappa shape index (κ1) is 35.6. The van der Waals surface area contributed by atoms with E-state index in [4.69, 9.17) is 19.7 Å². The Kier molecular flexibility index (Phi) is 9.20. The fraction of sp³-hybridized carbons (Fsp3) is 0. The summed E-state index contributed by atoms with van der Waals surface area (Å²) in [5, 5.41) is 0. The lowest BCUT2D eigenvalue weighted by molar-refractivity contribution is 0.486. The number of aromatic nitrogens is 3. The van der Waals surface area contributed by atoms with Crippen LogP contribution in [0.15, 0.2) is 188 Å². The second-order valence-electron chi connectivity index (χ2n) is 14.3. The normalized spacial score (nSPS) is 11.6. The summed E-state index contributed by atoms with van der Waals surface area (Å²) in [5.74, 6) is 2.34. The minimum atomic E-state index is -0.294. The van der Waals surface area contributed by atoms with Gasteiger partial charge in [-0.2, -0.15) is 0 Å². The minimum Gasteiger partial charge on any atom is -0.456 e. The maximum absolute atomic E-state index is 13.9. The molecule has 0 bridgehead atoms. The highest BCUT2D eigenvalue weighted by atomic mass is 19.1. The molecule has 0 radical (unpaired) electrons. The van der Waals surface area contributed by atoms with Crippen LogP contribution in [0.5, 0.6) is 11.5 Å². The highest BCUT2D eigenvalue weighted by Gasteiger charge is 2.19. The first-order chi connectivity index (χ1) is 29.0. The quantitative estimate of drug-likeness (QED) is 0.175. The molecule has 9 aromatic rings. The number of benzene rings is 8. The molecule has 1 aliphatic rings. The molecule has 0 unspecified atom stereocenters. The van der Waals surface area contributed by atoms with Crippen LogP contribution in [0.1, 0.15) is 11.1 Å². The molecule has 2 heterocycles. The van der Waals surface area contributed by atoms with Crippen molar-refractivity contribution in [1.82, 2.24) is 15.0 Å². The first-order valence-electron chi connectivity index (χ1n) is 19.3. The number of rotatable bonds is 5. The van der Waals surface area contributed by atoms with Crippen molar-refractivity contribution in [3.8, 4) is 90.2 Å². The number of ether oxygens (including phenoxy) is 1. The van der Waals surface area contributed by atoms with E-state index in [0.717, 1.165) is 83.8 Å². The number of hydrogen-bond acceptors (Lipinski definition) is 4. The Hall–Kier alpha value is -7.83. The summed E-state index contributed by atoms with van der Waals surface area (Å²) in [6.07, 6.45) is 4.30. The van der Waals surface area contributed by atoms with Gasteiger partial charge in [0.25, 0.3) is 0 Å². The van der Waals surface area contributed by atoms with Gasteiger partial charge in [-0.05, 0) is 99.1 Å². The summed E-state index contributed by atoms with van der Waals surface area (Å²) in [4.78, 5) is 15.3. The molecule has 0 fully saturated rings. The van der Waals surface area contributed by atoms with Crippen molar-refractivity contribution in [3.05, 3.63) is 211 Å². The standard InChI is InChI=1S/C53H33F2N3O/c54-43-27-23-34(24-28-43)38-10-7-12-40(31-38)51-56-52(41-13-8-11-39(32-41)35-25-29-44(55)30-26-35)58-53(57-51)42-22-21-37-20-19-36-9-1-2-14-45(36)46-15-3-5-17-49(46)59-50-18-6-4-16-47(50)48(37)33-42/h1-33H. The van der Waals surface area contributed by atoms with Gasteiger partial charge in [0, 0.05) is 27.8 Å². The summed E-state index contributed by atoms with van der Waals surface area (Å²) in [7, 11) is 0. The summed E-state index contributed by atoms with van der Waals surface area (Å²) < 4.78 is 34.5. The molecule has 0 atom stereocenters. The van der Waals surface area contributed by atoms with Crippen LogP contribution in [0, 0.1) is 11.6 Å². The summed E-state index contributed by atoms with van der Waals surface area (Å²) >= 11 is 0. The van der Waals surface area contributed by atoms with Crippen LogP contribution in [0.25, 0.3) is 90.8 Å². The molecule has 0 amide bonds. The van der Waals surface area contributed by atoms with Gasteiger partial charge in [0.1, 0.15) is 23.1 Å². The van der Waals surface area contributed by atoms with Crippen molar-refractivity contribution < 1.29 is 13.5 Å². The minimum absolute atomic E-state index is 0.294. The molecule has 1 aromatic heterocycles. The van der Waals surface area contributed by atoms with Crippen molar-refractivity contribution in [2.24, 2.45) is 0 Å². The zero-order valence-corrected chi connectivity index (χ0v) is 31.6. The molecule has 280 valence electrons. The Morgan fingerprint density at radius 3 is 1.25 bits per heavy atom. The van der Waals surface area contributed by atoms with Gasteiger partial charge >= 0.3 is 0 Å². The Bertz CT molecular complexity index is 2940. The molecule has 1 aliphatic heterocycles. The van der Waals surface area contributed by atoms with E-state index < -0.39 is 0 Å². The van der Waals surface area contributed by atoms with E-state index in [-0.39, 0.29) is 11.6 Å². The maximum atomic E-state index is 13.9. The zero-order chi connectivity index (χ0) is 39.7. The van der Waals surface area contributed by atoms with E-state index in [1.54, 1.807) is 24.3 Å². The number of hydrogen-bond donors (Lipinski definition) is 0. The highest BCUT2D eigenvalue weighted by molar-refractivity contribution is 5.90. The van der Waals surface area contributed by atoms with Gasteiger partial charge in [0.2, 0.25) is 0 Å². The third kappa shape index (κ3) is 7.20. The van der Waals surface area contributed by atoms with Gasteiger partial charge in [-0.3, -0.25) is 0 Å². The average molecular weight is 766 g/mol. The van der Waals surface area contributed by atoms with Crippen molar-refractivity contribution >= 4 is 12.2 Å². The molecule has 4 nitrogen and oxygen atoms in total. The van der Waals surface area contributed by atoms with Gasteiger partial charge < -0.3 is 4.74 Å². The summed E-state index contributed by atoms with van der Waals surface area (Å²) in [6, 6.07) is 59.5. The average Bonchev–Trinajstić information content (AvgIpc) is 3.31. The van der Waals surface area contributed by atoms with Crippen LogP contribution >= 0.6 is 0 Å². The molecule has 0 N–H and O–H groups in total. The monoisotopic (exact) mass is 765 g/mol. The fourth-order valence-corrected chi connectivity index (χ4v) is 7.54.